The second-order valence-electron chi connectivity index (χ2n) is 13.3. The van der Waals surface area contributed by atoms with Crippen LogP contribution in [0.1, 0.15) is 80.2 Å². The minimum Gasteiger partial charge on any atom is -0.492 e. The molecule has 252 valence electrons. The van der Waals surface area contributed by atoms with E-state index in [1.54, 1.807) is 7.11 Å². The Labute approximate surface area is 278 Å². The first-order valence-electron chi connectivity index (χ1n) is 17.6. The molecule has 0 unspecified atom stereocenters. The second-order valence-corrected chi connectivity index (χ2v) is 13.3. The van der Waals surface area contributed by atoms with Crippen molar-refractivity contribution in [1.29, 1.82) is 0 Å². The van der Waals surface area contributed by atoms with Gasteiger partial charge in [0.15, 0.2) is 17.1 Å². The van der Waals surface area contributed by atoms with E-state index in [4.69, 9.17) is 14.0 Å². The first-order chi connectivity index (χ1) is 23.1. The number of nitrogens with zero attached hydrogens (tertiary/aromatic N) is 3. The van der Waals surface area contributed by atoms with Crippen molar-refractivity contribution in [2.45, 2.75) is 69.8 Å². The molecule has 2 saturated heterocycles. The Hall–Kier alpha value is -3.46. The number of halogens is 1. The fourth-order valence-corrected chi connectivity index (χ4v) is 7.39. The number of ether oxygens (including phenoxy) is 2. The Morgan fingerprint density at radius 3 is 2.36 bits per heavy atom. The van der Waals surface area contributed by atoms with Crippen molar-refractivity contribution in [1.82, 2.24) is 15.0 Å². The van der Waals surface area contributed by atoms with Crippen molar-refractivity contribution >= 4 is 11.0 Å². The SMILES string of the molecule is COc1c(OCCCCCCN2CCC(c3noc4ccccc34)CC2)cccc1[C@H](O)C1CCN(CCc2ccc(F)cc2)CC1. The fraction of sp³-hybridized carbons (Fsp3) is 0.513. The number of rotatable bonds is 15. The van der Waals surface area contributed by atoms with Crippen LogP contribution in [0.4, 0.5) is 4.39 Å². The van der Waals surface area contributed by atoms with Gasteiger partial charge < -0.3 is 28.9 Å². The van der Waals surface area contributed by atoms with Crippen LogP contribution >= 0.6 is 0 Å². The smallest absolute Gasteiger partial charge is 0.167 e. The molecule has 0 amide bonds. The summed E-state index contributed by atoms with van der Waals surface area (Å²) in [7, 11) is 1.66. The summed E-state index contributed by atoms with van der Waals surface area (Å²) < 4.78 is 30.7. The van der Waals surface area contributed by atoms with Gasteiger partial charge >= 0.3 is 0 Å². The zero-order chi connectivity index (χ0) is 32.4. The van der Waals surface area contributed by atoms with E-state index in [0.717, 1.165) is 107 Å². The molecule has 7 nitrogen and oxygen atoms in total. The highest BCUT2D eigenvalue weighted by molar-refractivity contribution is 5.79. The van der Waals surface area contributed by atoms with E-state index in [-0.39, 0.29) is 11.7 Å². The van der Waals surface area contributed by atoms with Crippen LogP contribution < -0.4 is 9.47 Å². The van der Waals surface area contributed by atoms with E-state index in [2.05, 4.69) is 27.1 Å². The van der Waals surface area contributed by atoms with Crippen molar-refractivity contribution in [3.8, 4) is 11.5 Å². The molecule has 2 aliphatic rings. The quantitative estimate of drug-likeness (QED) is 0.133. The lowest BCUT2D eigenvalue weighted by atomic mass is 9.87. The Balaban J connectivity index is 0.873. The third-order valence-electron chi connectivity index (χ3n) is 10.2. The first kappa shape index (κ1) is 33.4. The highest BCUT2D eigenvalue weighted by Gasteiger charge is 2.29. The van der Waals surface area contributed by atoms with Crippen LogP contribution in [-0.2, 0) is 6.42 Å². The van der Waals surface area contributed by atoms with E-state index in [9.17, 15) is 9.50 Å². The summed E-state index contributed by atoms with van der Waals surface area (Å²) in [6.07, 6.45) is 8.96. The zero-order valence-electron chi connectivity index (χ0n) is 27.8. The number of aliphatic hydroxyl groups is 1. The summed E-state index contributed by atoms with van der Waals surface area (Å²) in [5.74, 6) is 1.83. The van der Waals surface area contributed by atoms with Gasteiger partial charge in [-0.3, -0.25) is 0 Å². The van der Waals surface area contributed by atoms with Crippen molar-refractivity contribution in [3.63, 3.8) is 0 Å². The third kappa shape index (κ3) is 8.72. The van der Waals surface area contributed by atoms with Crippen LogP contribution in [0.5, 0.6) is 11.5 Å². The maximum absolute atomic E-state index is 13.2. The number of aromatic nitrogens is 1. The van der Waals surface area contributed by atoms with Gasteiger partial charge in [-0.2, -0.15) is 0 Å². The first-order valence-corrected chi connectivity index (χ1v) is 17.6. The van der Waals surface area contributed by atoms with Crippen molar-refractivity contribution in [3.05, 3.63) is 89.4 Å². The summed E-state index contributed by atoms with van der Waals surface area (Å²) in [6, 6.07) is 20.8. The average Bonchev–Trinajstić information content (AvgIpc) is 3.55. The zero-order valence-corrected chi connectivity index (χ0v) is 27.8. The van der Waals surface area contributed by atoms with Crippen LogP contribution in [0.3, 0.4) is 0 Å². The molecule has 0 spiro atoms. The highest BCUT2D eigenvalue weighted by Crippen LogP contribution is 2.40. The number of methoxy groups -OCH3 is 1. The number of aliphatic hydroxyl groups excluding tert-OH is 1. The normalized spacial score (nSPS) is 17.7. The molecular formula is C39H50FN3O4. The average molecular weight is 644 g/mol. The van der Waals surface area contributed by atoms with Crippen LogP contribution in [0.15, 0.2) is 71.3 Å². The Morgan fingerprint density at radius 1 is 0.851 bits per heavy atom. The molecule has 47 heavy (non-hydrogen) atoms. The number of fused-ring (bicyclic) bond motifs is 1. The summed E-state index contributed by atoms with van der Waals surface area (Å²) in [5, 5.41) is 16.9. The molecule has 6 rings (SSSR count). The number of likely N-dealkylation sites (tertiary alicyclic amines) is 2. The largest absolute Gasteiger partial charge is 0.492 e. The Morgan fingerprint density at radius 2 is 1.57 bits per heavy atom. The van der Waals surface area contributed by atoms with Crippen molar-refractivity contribution in [2.24, 2.45) is 5.92 Å². The molecule has 3 heterocycles. The number of hydrogen-bond donors (Lipinski definition) is 1. The number of benzene rings is 3. The van der Waals surface area contributed by atoms with Gasteiger partial charge in [0.25, 0.3) is 0 Å². The van der Waals surface area contributed by atoms with Gasteiger partial charge in [-0.1, -0.05) is 54.4 Å². The van der Waals surface area contributed by atoms with Crippen LogP contribution in [0, 0.1) is 11.7 Å². The summed E-state index contributed by atoms with van der Waals surface area (Å²) in [4.78, 5) is 5.03. The van der Waals surface area contributed by atoms with E-state index in [1.165, 1.54) is 30.4 Å². The van der Waals surface area contributed by atoms with Crippen LogP contribution in [0.25, 0.3) is 11.0 Å². The molecule has 8 heteroatoms. The van der Waals surface area contributed by atoms with Gasteiger partial charge in [0.1, 0.15) is 5.82 Å². The molecule has 4 aromatic rings. The predicted octanol–water partition coefficient (Wildman–Crippen LogP) is 7.78. The fourth-order valence-electron chi connectivity index (χ4n) is 7.39. The lowest BCUT2D eigenvalue weighted by Crippen LogP contribution is -2.36. The second kappa shape index (κ2) is 16.6. The van der Waals surface area contributed by atoms with Gasteiger partial charge in [0.2, 0.25) is 0 Å². The van der Waals surface area contributed by atoms with Crippen LogP contribution in [0.2, 0.25) is 0 Å². The molecule has 1 aromatic heterocycles. The molecule has 0 radical (unpaired) electrons. The lowest BCUT2D eigenvalue weighted by Gasteiger charge is -2.34. The molecule has 0 bridgehead atoms. The van der Waals surface area contributed by atoms with Gasteiger partial charge in [0.05, 0.1) is 25.5 Å². The van der Waals surface area contributed by atoms with Gasteiger partial charge in [-0.25, -0.2) is 4.39 Å². The van der Waals surface area contributed by atoms with E-state index in [1.807, 2.05) is 42.5 Å². The van der Waals surface area contributed by atoms with E-state index >= 15 is 0 Å². The topological polar surface area (TPSA) is 71.2 Å². The van der Waals surface area contributed by atoms with E-state index < -0.39 is 6.10 Å². The lowest BCUT2D eigenvalue weighted by molar-refractivity contribution is 0.0572. The maximum atomic E-state index is 13.2. The number of piperidine rings is 2. The Bertz CT molecular complexity index is 1530. The van der Waals surface area contributed by atoms with Crippen molar-refractivity contribution in [2.75, 3.05) is 53.0 Å². The minimum absolute atomic E-state index is 0.175. The number of hydrogen-bond acceptors (Lipinski definition) is 7. The van der Waals surface area contributed by atoms with Crippen molar-refractivity contribution < 1.29 is 23.5 Å². The minimum atomic E-state index is -0.590. The number of para-hydroxylation sites is 2. The van der Waals surface area contributed by atoms with Gasteiger partial charge in [-0.05, 0) is 119 Å². The highest BCUT2D eigenvalue weighted by atomic mass is 19.1. The van der Waals surface area contributed by atoms with E-state index in [0.29, 0.717) is 24.0 Å². The van der Waals surface area contributed by atoms with Gasteiger partial charge in [0, 0.05) is 23.4 Å². The summed E-state index contributed by atoms with van der Waals surface area (Å²) in [6.45, 7) is 6.86. The van der Waals surface area contributed by atoms with Gasteiger partial charge in [-0.15, -0.1) is 0 Å². The predicted molar refractivity (Wildman–Crippen MR) is 184 cm³/mol. The molecule has 3 aromatic carbocycles. The third-order valence-corrected chi connectivity index (χ3v) is 10.2. The maximum Gasteiger partial charge on any atom is 0.167 e. The summed E-state index contributed by atoms with van der Waals surface area (Å²) in [5.41, 5.74) is 3.99. The molecule has 2 fully saturated rings. The number of unbranched alkanes of at least 4 members (excludes halogenated alkanes) is 3. The molecule has 1 N–H and O–H groups in total. The molecule has 0 saturated carbocycles. The molecule has 2 aliphatic heterocycles. The summed E-state index contributed by atoms with van der Waals surface area (Å²) >= 11 is 0. The standard InChI is InChI=1S/C39H50FN3O4/c1-45-39-34(38(44)31-20-26-43(27-21-31)23-17-29-13-15-32(40)16-14-29)10-8-12-36(39)46-28-7-3-2-6-22-42-24-18-30(19-25-42)37-33-9-4-5-11-35(33)47-41-37/h4-5,8-16,30-31,38,44H,2-3,6-7,17-28H2,1H3/t38-/m1/s1. The molecule has 0 aliphatic carbocycles. The molecular weight excluding hydrogens is 593 g/mol. The van der Waals surface area contributed by atoms with Crippen LogP contribution in [-0.4, -0.2) is 73.0 Å². The molecule has 1 atom stereocenters. The monoisotopic (exact) mass is 643 g/mol. The Kier molecular flexibility index (Phi) is 11.8.